The molecule has 0 atom stereocenters. The van der Waals surface area contributed by atoms with Gasteiger partial charge in [-0.3, -0.25) is 4.79 Å². The molecule has 0 amide bonds. The average molecular weight is 208 g/mol. The molecule has 0 radical (unpaired) electrons. The highest BCUT2D eigenvalue weighted by atomic mass is 32.1. The summed E-state index contributed by atoms with van der Waals surface area (Å²) in [6, 6.07) is 5.49. The van der Waals surface area contributed by atoms with Gasteiger partial charge in [0, 0.05) is 10.4 Å². The number of carboxylic acids is 1. The van der Waals surface area contributed by atoms with E-state index in [1.165, 1.54) is 11.3 Å². The summed E-state index contributed by atoms with van der Waals surface area (Å²) in [7, 11) is 0. The monoisotopic (exact) mass is 208 g/mol. The van der Waals surface area contributed by atoms with Crippen LogP contribution in [0.3, 0.4) is 0 Å². The first-order valence-corrected chi connectivity index (χ1v) is 4.97. The lowest BCUT2D eigenvalue weighted by Crippen LogP contribution is -1.98. The molecule has 1 N–H and O–H groups in total. The molecular formula is C10H8O3S. The number of carboxylic acid groups (broad SMARTS) is 1. The Balaban J connectivity index is 2.35. The number of furan rings is 1. The van der Waals surface area contributed by atoms with E-state index in [2.05, 4.69) is 0 Å². The van der Waals surface area contributed by atoms with Crippen molar-refractivity contribution in [2.75, 3.05) is 0 Å². The van der Waals surface area contributed by atoms with E-state index in [1.807, 2.05) is 17.5 Å². The molecule has 72 valence electrons. The Hall–Kier alpha value is -1.55. The van der Waals surface area contributed by atoms with Crippen molar-refractivity contribution >= 4 is 17.3 Å². The second kappa shape index (κ2) is 3.67. The van der Waals surface area contributed by atoms with E-state index in [-0.39, 0.29) is 6.42 Å². The van der Waals surface area contributed by atoms with Gasteiger partial charge in [-0.25, -0.2) is 0 Å². The molecule has 14 heavy (non-hydrogen) atoms. The summed E-state index contributed by atoms with van der Waals surface area (Å²) in [5.41, 5.74) is 0.877. The highest BCUT2D eigenvalue weighted by molar-refractivity contribution is 7.10. The maximum atomic E-state index is 10.6. The molecule has 2 aromatic heterocycles. The standard InChI is InChI=1S/C10H8O3S/c11-10(12)6-9-7(3-5-14-9)8-2-1-4-13-8/h1-5H,6H2,(H,11,12). The van der Waals surface area contributed by atoms with Crippen LogP contribution in [0.15, 0.2) is 34.3 Å². The molecule has 0 aliphatic heterocycles. The normalized spacial score (nSPS) is 10.3. The number of hydrogen-bond acceptors (Lipinski definition) is 3. The fraction of sp³-hybridized carbons (Fsp3) is 0.100. The average Bonchev–Trinajstić information content (AvgIpc) is 2.70. The molecule has 0 spiro atoms. The summed E-state index contributed by atoms with van der Waals surface area (Å²) >= 11 is 1.44. The molecule has 0 saturated carbocycles. The SMILES string of the molecule is O=C(O)Cc1sccc1-c1ccco1. The third kappa shape index (κ3) is 1.70. The van der Waals surface area contributed by atoms with Crippen LogP contribution in [0.4, 0.5) is 0 Å². The summed E-state index contributed by atoms with van der Waals surface area (Å²) in [5.74, 6) is -0.0947. The molecule has 0 aliphatic rings. The van der Waals surface area contributed by atoms with E-state index < -0.39 is 5.97 Å². The highest BCUT2D eigenvalue weighted by Crippen LogP contribution is 2.28. The maximum absolute atomic E-state index is 10.6. The van der Waals surface area contributed by atoms with Crippen LogP contribution in [-0.4, -0.2) is 11.1 Å². The van der Waals surface area contributed by atoms with Gasteiger partial charge in [-0.05, 0) is 23.6 Å². The molecule has 2 rings (SSSR count). The minimum absolute atomic E-state index is 0.0493. The first-order valence-electron chi connectivity index (χ1n) is 4.09. The van der Waals surface area contributed by atoms with E-state index in [0.29, 0.717) is 0 Å². The minimum atomic E-state index is -0.819. The number of aliphatic carboxylic acids is 1. The molecule has 0 bridgehead atoms. The number of thiophene rings is 1. The number of carbonyl (C=O) groups is 1. The van der Waals surface area contributed by atoms with Crippen LogP contribution >= 0.6 is 11.3 Å². The number of rotatable bonds is 3. The van der Waals surface area contributed by atoms with Gasteiger partial charge in [-0.1, -0.05) is 0 Å². The van der Waals surface area contributed by atoms with Crippen LogP contribution in [-0.2, 0) is 11.2 Å². The zero-order valence-electron chi connectivity index (χ0n) is 7.27. The second-order valence-corrected chi connectivity index (χ2v) is 3.81. The van der Waals surface area contributed by atoms with Crippen LogP contribution in [0.1, 0.15) is 4.88 Å². The van der Waals surface area contributed by atoms with Gasteiger partial charge in [0.1, 0.15) is 5.76 Å². The molecule has 2 heterocycles. The Bertz CT molecular complexity index is 428. The van der Waals surface area contributed by atoms with E-state index in [9.17, 15) is 4.79 Å². The lowest BCUT2D eigenvalue weighted by atomic mass is 10.2. The van der Waals surface area contributed by atoms with E-state index in [0.717, 1.165) is 16.2 Å². The van der Waals surface area contributed by atoms with Crippen LogP contribution in [0, 0.1) is 0 Å². The van der Waals surface area contributed by atoms with Crippen LogP contribution in [0.25, 0.3) is 11.3 Å². The summed E-state index contributed by atoms with van der Waals surface area (Å²) < 4.78 is 5.21. The topological polar surface area (TPSA) is 50.4 Å². The highest BCUT2D eigenvalue weighted by Gasteiger charge is 2.11. The quantitative estimate of drug-likeness (QED) is 0.843. The van der Waals surface area contributed by atoms with Crippen LogP contribution in [0.2, 0.25) is 0 Å². The fourth-order valence-electron chi connectivity index (χ4n) is 1.27. The van der Waals surface area contributed by atoms with Gasteiger partial charge in [0.15, 0.2) is 0 Å². The minimum Gasteiger partial charge on any atom is -0.481 e. The first kappa shape index (κ1) is 9.02. The van der Waals surface area contributed by atoms with Crippen molar-refractivity contribution in [3.8, 4) is 11.3 Å². The molecule has 4 heteroatoms. The number of hydrogen-bond donors (Lipinski definition) is 1. The van der Waals surface area contributed by atoms with Gasteiger partial charge in [-0.15, -0.1) is 11.3 Å². The smallest absolute Gasteiger partial charge is 0.308 e. The molecule has 0 aromatic carbocycles. The Morgan fingerprint density at radius 3 is 3.00 bits per heavy atom. The Kier molecular flexibility index (Phi) is 2.37. The van der Waals surface area contributed by atoms with E-state index in [1.54, 1.807) is 12.3 Å². The zero-order valence-corrected chi connectivity index (χ0v) is 8.08. The van der Waals surface area contributed by atoms with Crippen LogP contribution in [0.5, 0.6) is 0 Å². The Labute approximate surface area is 84.6 Å². The van der Waals surface area contributed by atoms with Gasteiger partial charge in [0.2, 0.25) is 0 Å². The predicted molar refractivity (Wildman–Crippen MR) is 53.4 cm³/mol. The summed E-state index contributed by atoms with van der Waals surface area (Å²) in [6.07, 6.45) is 1.63. The summed E-state index contributed by atoms with van der Waals surface area (Å²) in [5, 5.41) is 10.6. The Morgan fingerprint density at radius 2 is 2.36 bits per heavy atom. The molecule has 0 unspecified atom stereocenters. The van der Waals surface area contributed by atoms with Gasteiger partial charge in [-0.2, -0.15) is 0 Å². The van der Waals surface area contributed by atoms with Gasteiger partial charge < -0.3 is 9.52 Å². The maximum Gasteiger partial charge on any atom is 0.308 e. The first-order chi connectivity index (χ1) is 6.77. The van der Waals surface area contributed by atoms with Crippen LogP contribution < -0.4 is 0 Å². The van der Waals surface area contributed by atoms with E-state index in [4.69, 9.17) is 9.52 Å². The molecule has 2 aromatic rings. The predicted octanol–water partition coefficient (Wildman–Crippen LogP) is 2.64. The third-order valence-electron chi connectivity index (χ3n) is 1.84. The lowest BCUT2D eigenvalue weighted by molar-refractivity contribution is -0.136. The van der Waals surface area contributed by atoms with Gasteiger partial charge in [0.25, 0.3) is 0 Å². The van der Waals surface area contributed by atoms with Crippen molar-refractivity contribution in [2.45, 2.75) is 6.42 Å². The molecule has 3 nitrogen and oxygen atoms in total. The molecule has 0 saturated heterocycles. The summed E-state index contributed by atoms with van der Waals surface area (Å²) in [6.45, 7) is 0. The third-order valence-corrected chi connectivity index (χ3v) is 2.76. The van der Waals surface area contributed by atoms with Crippen molar-refractivity contribution in [1.82, 2.24) is 0 Å². The molecule has 0 aliphatic carbocycles. The fourth-order valence-corrected chi connectivity index (χ4v) is 2.14. The largest absolute Gasteiger partial charge is 0.481 e. The second-order valence-electron chi connectivity index (χ2n) is 2.81. The van der Waals surface area contributed by atoms with Crippen molar-refractivity contribution in [3.63, 3.8) is 0 Å². The van der Waals surface area contributed by atoms with Crippen molar-refractivity contribution in [2.24, 2.45) is 0 Å². The van der Waals surface area contributed by atoms with Crippen molar-refractivity contribution in [3.05, 3.63) is 34.7 Å². The zero-order chi connectivity index (χ0) is 9.97. The summed E-state index contributed by atoms with van der Waals surface area (Å²) in [4.78, 5) is 11.4. The lowest BCUT2D eigenvalue weighted by Gasteiger charge is -1.96. The van der Waals surface area contributed by atoms with Crippen molar-refractivity contribution in [1.29, 1.82) is 0 Å². The van der Waals surface area contributed by atoms with Gasteiger partial charge in [0.05, 0.1) is 12.7 Å². The van der Waals surface area contributed by atoms with E-state index >= 15 is 0 Å². The Morgan fingerprint density at radius 1 is 1.50 bits per heavy atom. The van der Waals surface area contributed by atoms with Gasteiger partial charge >= 0.3 is 5.97 Å². The van der Waals surface area contributed by atoms with Crippen molar-refractivity contribution < 1.29 is 14.3 Å². The molecular weight excluding hydrogens is 200 g/mol. The molecule has 0 fully saturated rings.